The molecule has 2 fully saturated rings. The quantitative estimate of drug-likeness (QED) is 0.626. The van der Waals surface area contributed by atoms with E-state index < -0.39 is 0 Å². The van der Waals surface area contributed by atoms with Crippen molar-refractivity contribution in [3.63, 3.8) is 0 Å². The van der Waals surface area contributed by atoms with Gasteiger partial charge in [-0.1, -0.05) is 20.8 Å². The average Bonchev–Trinajstić information content (AvgIpc) is 2.21. The average molecular weight is 186 g/mol. The molecule has 1 saturated carbocycles. The molecule has 1 N–H and O–H groups in total. The third kappa shape index (κ3) is 1.20. The number of hydrogen-bond acceptors (Lipinski definition) is 2. The Balaban J connectivity index is 2.19. The molecule has 0 aromatic carbocycles. The SMILES string of the molecule is CC1C(O)CC2CC1SC2(C)C. The van der Waals surface area contributed by atoms with Gasteiger partial charge in [0.15, 0.2) is 0 Å². The largest absolute Gasteiger partial charge is 0.393 e. The molecule has 0 radical (unpaired) electrons. The van der Waals surface area contributed by atoms with E-state index in [9.17, 15) is 5.11 Å². The van der Waals surface area contributed by atoms with Gasteiger partial charge in [0.1, 0.15) is 0 Å². The van der Waals surface area contributed by atoms with Gasteiger partial charge < -0.3 is 5.11 Å². The van der Waals surface area contributed by atoms with Crippen molar-refractivity contribution >= 4 is 11.8 Å². The van der Waals surface area contributed by atoms with Gasteiger partial charge >= 0.3 is 0 Å². The highest BCUT2D eigenvalue weighted by Crippen LogP contribution is 2.55. The van der Waals surface area contributed by atoms with Crippen molar-refractivity contribution in [2.75, 3.05) is 0 Å². The molecule has 0 aromatic heterocycles. The van der Waals surface area contributed by atoms with E-state index in [1.165, 1.54) is 6.42 Å². The maximum absolute atomic E-state index is 9.78. The van der Waals surface area contributed by atoms with Crippen molar-refractivity contribution in [3.05, 3.63) is 0 Å². The van der Waals surface area contributed by atoms with Gasteiger partial charge in [0.2, 0.25) is 0 Å². The Labute approximate surface area is 78.9 Å². The van der Waals surface area contributed by atoms with Crippen LogP contribution < -0.4 is 0 Å². The molecule has 0 amide bonds. The van der Waals surface area contributed by atoms with Crippen LogP contribution in [0.2, 0.25) is 0 Å². The van der Waals surface area contributed by atoms with Gasteiger partial charge in [0.05, 0.1) is 6.10 Å². The number of fused-ring (bicyclic) bond motifs is 2. The number of hydrogen-bond donors (Lipinski definition) is 1. The third-order valence-electron chi connectivity index (χ3n) is 3.67. The van der Waals surface area contributed by atoms with Crippen LogP contribution in [0.25, 0.3) is 0 Å². The topological polar surface area (TPSA) is 20.2 Å². The number of thioether (sulfide) groups is 1. The maximum atomic E-state index is 9.78. The Kier molecular flexibility index (Phi) is 1.96. The van der Waals surface area contributed by atoms with Crippen molar-refractivity contribution < 1.29 is 5.11 Å². The summed E-state index contributed by atoms with van der Waals surface area (Å²) < 4.78 is 0.413. The molecule has 1 saturated heterocycles. The predicted octanol–water partition coefficient (Wildman–Crippen LogP) is 2.29. The zero-order valence-corrected chi connectivity index (χ0v) is 8.90. The standard InChI is InChI=1S/C10H18OS/c1-6-8(11)4-7-5-9(6)12-10(7,2)3/h6-9,11H,4-5H2,1-3H3. The first-order valence-electron chi connectivity index (χ1n) is 4.86. The summed E-state index contributed by atoms with van der Waals surface area (Å²) in [6, 6.07) is 0. The predicted molar refractivity (Wildman–Crippen MR) is 53.4 cm³/mol. The summed E-state index contributed by atoms with van der Waals surface area (Å²) in [6.07, 6.45) is 2.32. The van der Waals surface area contributed by atoms with Crippen molar-refractivity contribution in [1.29, 1.82) is 0 Å². The van der Waals surface area contributed by atoms with Gasteiger partial charge in [-0.3, -0.25) is 0 Å². The highest BCUT2D eigenvalue weighted by atomic mass is 32.2. The Morgan fingerprint density at radius 1 is 1.33 bits per heavy atom. The van der Waals surface area contributed by atoms with Crippen LogP contribution in [-0.2, 0) is 0 Å². The minimum atomic E-state index is -0.0389. The molecule has 2 bridgehead atoms. The molecule has 70 valence electrons. The fourth-order valence-electron chi connectivity index (χ4n) is 2.55. The lowest BCUT2D eigenvalue weighted by molar-refractivity contribution is 0.0587. The first-order valence-corrected chi connectivity index (χ1v) is 5.74. The first-order chi connectivity index (χ1) is 5.50. The lowest BCUT2D eigenvalue weighted by Crippen LogP contribution is -2.34. The molecule has 4 unspecified atom stereocenters. The van der Waals surface area contributed by atoms with Crippen LogP contribution in [0.5, 0.6) is 0 Å². The molecule has 4 atom stereocenters. The van der Waals surface area contributed by atoms with Crippen molar-refractivity contribution in [2.45, 2.75) is 49.7 Å². The van der Waals surface area contributed by atoms with E-state index in [0.717, 1.165) is 12.3 Å². The summed E-state index contributed by atoms with van der Waals surface area (Å²) >= 11 is 2.09. The number of aliphatic hydroxyl groups excluding tert-OH is 1. The molecule has 1 heterocycles. The zero-order chi connectivity index (χ0) is 8.93. The molecule has 1 nitrogen and oxygen atoms in total. The van der Waals surface area contributed by atoms with E-state index in [0.29, 0.717) is 15.9 Å². The zero-order valence-electron chi connectivity index (χ0n) is 8.08. The van der Waals surface area contributed by atoms with E-state index in [-0.39, 0.29) is 6.10 Å². The third-order valence-corrected chi connectivity index (χ3v) is 5.54. The Hall–Kier alpha value is 0.310. The summed E-state index contributed by atoms with van der Waals surface area (Å²) in [4.78, 5) is 0. The van der Waals surface area contributed by atoms with Crippen LogP contribution in [0.15, 0.2) is 0 Å². The van der Waals surface area contributed by atoms with Gasteiger partial charge in [0, 0.05) is 10.00 Å². The van der Waals surface area contributed by atoms with Gasteiger partial charge in [-0.05, 0) is 24.7 Å². The van der Waals surface area contributed by atoms with Crippen molar-refractivity contribution in [2.24, 2.45) is 11.8 Å². The van der Waals surface area contributed by atoms with E-state index in [4.69, 9.17) is 0 Å². The van der Waals surface area contributed by atoms with Gasteiger partial charge in [-0.15, -0.1) is 0 Å². The first kappa shape index (κ1) is 8.89. The molecular formula is C10H18OS. The second kappa shape index (κ2) is 2.65. The second-order valence-electron chi connectivity index (χ2n) is 4.85. The molecule has 1 aliphatic heterocycles. The maximum Gasteiger partial charge on any atom is 0.0579 e. The minimum absolute atomic E-state index is 0.0389. The highest BCUT2D eigenvalue weighted by molar-refractivity contribution is 8.01. The Bertz CT molecular complexity index is 190. The molecule has 2 rings (SSSR count). The summed E-state index contributed by atoms with van der Waals surface area (Å²) in [5.41, 5.74) is 0. The molecule has 1 aliphatic carbocycles. The molecule has 2 aliphatic rings. The summed E-state index contributed by atoms with van der Waals surface area (Å²) in [7, 11) is 0. The number of aliphatic hydroxyl groups is 1. The smallest absolute Gasteiger partial charge is 0.0579 e. The van der Waals surface area contributed by atoms with Crippen molar-refractivity contribution in [1.82, 2.24) is 0 Å². The van der Waals surface area contributed by atoms with Gasteiger partial charge in [0.25, 0.3) is 0 Å². The fraction of sp³-hybridized carbons (Fsp3) is 1.00. The summed E-state index contributed by atoms with van der Waals surface area (Å²) in [6.45, 7) is 6.85. The Morgan fingerprint density at radius 2 is 2.00 bits per heavy atom. The van der Waals surface area contributed by atoms with Crippen LogP contribution in [0.4, 0.5) is 0 Å². The van der Waals surface area contributed by atoms with E-state index >= 15 is 0 Å². The molecular weight excluding hydrogens is 168 g/mol. The van der Waals surface area contributed by atoms with Gasteiger partial charge in [-0.25, -0.2) is 0 Å². The molecule has 0 aromatic rings. The fourth-order valence-corrected chi connectivity index (χ4v) is 4.44. The monoisotopic (exact) mass is 186 g/mol. The lowest BCUT2D eigenvalue weighted by atomic mass is 9.76. The molecule has 12 heavy (non-hydrogen) atoms. The van der Waals surface area contributed by atoms with Crippen LogP contribution in [-0.4, -0.2) is 21.2 Å². The van der Waals surface area contributed by atoms with Crippen LogP contribution >= 0.6 is 11.8 Å². The number of rotatable bonds is 0. The second-order valence-corrected chi connectivity index (χ2v) is 6.75. The van der Waals surface area contributed by atoms with E-state index in [1.54, 1.807) is 0 Å². The minimum Gasteiger partial charge on any atom is -0.393 e. The molecule has 2 heteroatoms. The van der Waals surface area contributed by atoms with E-state index in [1.807, 2.05) is 0 Å². The van der Waals surface area contributed by atoms with Gasteiger partial charge in [-0.2, -0.15) is 11.8 Å². The Morgan fingerprint density at radius 3 is 2.67 bits per heavy atom. The van der Waals surface area contributed by atoms with Crippen LogP contribution in [0.1, 0.15) is 33.6 Å². The molecule has 0 spiro atoms. The van der Waals surface area contributed by atoms with Crippen molar-refractivity contribution in [3.8, 4) is 0 Å². The van der Waals surface area contributed by atoms with E-state index in [2.05, 4.69) is 32.5 Å². The lowest BCUT2D eigenvalue weighted by Gasteiger charge is -2.31. The normalized spacial score (nSPS) is 51.0. The van der Waals surface area contributed by atoms with Crippen LogP contribution in [0.3, 0.4) is 0 Å². The summed E-state index contributed by atoms with van der Waals surface area (Å²) in [5, 5.41) is 10.5. The van der Waals surface area contributed by atoms with Crippen LogP contribution in [0, 0.1) is 11.8 Å². The summed E-state index contributed by atoms with van der Waals surface area (Å²) in [5.74, 6) is 1.26. The highest BCUT2D eigenvalue weighted by Gasteiger charge is 2.49.